The summed E-state index contributed by atoms with van der Waals surface area (Å²) in [5.41, 5.74) is 5.77. The summed E-state index contributed by atoms with van der Waals surface area (Å²) in [6, 6.07) is 4.52. The average Bonchev–Trinajstić information content (AvgIpc) is 2.80. The number of rotatable bonds is 3. The number of aliphatic hydroxyl groups excluding tert-OH is 1. The first-order valence-corrected chi connectivity index (χ1v) is 6.12. The highest BCUT2D eigenvalue weighted by molar-refractivity contribution is 5.93. The van der Waals surface area contributed by atoms with E-state index in [9.17, 15) is 19.1 Å². The molecule has 0 spiro atoms. The van der Waals surface area contributed by atoms with Gasteiger partial charge in [-0.1, -0.05) is 12.1 Å². The van der Waals surface area contributed by atoms with E-state index in [1.807, 2.05) is 0 Å². The van der Waals surface area contributed by atoms with Crippen LogP contribution in [-0.4, -0.2) is 40.5 Å². The van der Waals surface area contributed by atoms with Gasteiger partial charge in [-0.05, 0) is 30.2 Å². The maximum absolute atomic E-state index is 12.7. The van der Waals surface area contributed by atoms with Crippen LogP contribution in [0.4, 0.5) is 4.39 Å². The van der Waals surface area contributed by atoms with Crippen molar-refractivity contribution in [3.63, 3.8) is 0 Å². The zero-order chi connectivity index (χ0) is 14.7. The molecule has 2 amide bonds. The van der Waals surface area contributed by atoms with Crippen LogP contribution < -0.4 is 5.73 Å². The fourth-order valence-corrected chi connectivity index (χ4v) is 2.13. The van der Waals surface area contributed by atoms with E-state index in [0.29, 0.717) is 12.0 Å². The largest absolute Gasteiger partial charge is 0.390 e. The standard InChI is InChI=1S/C14H14FN2O3/c15-10-4-1-9(2-5-10)3-6-12(19)17-8-7-11(18)13(17)14(16)20/h1-5,11,13,18H,7-8H2,(H2,16,20)/t11-,13?/m0/s1. The molecule has 2 atom stereocenters. The van der Waals surface area contributed by atoms with E-state index in [2.05, 4.69) is 6.08 Å². The van der Waals surface area contributed by atoms with Crippen molar-refractivity contribution in [2.24, 2.45) is 5.73 Å². The van der Waals surface area contributed by atoms with Crippen molar-refractivity contribution in [3.8, 4) is 0 Å². The van der Waals surface area contributed by atoms with Crippen molar-refractivity contribution in [1.82, 2.24) is 4.90 Å². The number of nitrogens with zero attached hydrogens (tertiary/aromatic N) is 1. The second-order valence-electron chi connectivity index (χ2n) is 4.54. The lowest BCUT2D eigenvalue weighted by molar-refractivity contribution is -0.136. The highest BCUT2D eigenvalue weighted by Crippen LogP contribution is 2.18. The lowest BCUT2D eigenvalue weighted by Gasteiger charge is -2.21. The molecular formula is C14H14FN2O3. The van der Waals surface area contributed by atoms with Crippen LogP contribution in [0.5, 0.6) is 0 Å². The summed E-state index contributed by atoms with van der Waals surface area (Å²) >= 11 is 0. The summed E-state index contributed by atoms with van der Waals surface area (Å²) in [5, 5.41) is 9.62. The number of amides is 2. The molecule has 6 heteroatoms. The molecule has 3 N–H and O–H groups in total. The Kier molecular flexibility index (Phi) is 4.14. The van der Waals surface area contributed by atoms with E-state index in [1.165, 1.54) is 35.2 Å². The Morgan fingerprint density at radius 3 is 2.65 bits per heavy atom. The highest BCUT2D eigenvalue weighted by atomic mass is 19.1. The van der Waals surface area contributed by atoms with Crippen LogP contribution >= 0.6 is 0 Å². The smallest absolute Gasteiger partial charge is 0.255 e. The molecule has 1 aromatic rings. The van der Waals surface area contributed by atoms with E-state index < -0.39 is 24.0 Å². The fourth-order valence-electron chi connectivity index (χ4n) is 2.13. The van der Waals surface area contributed by atoms with Crippen molar-refractivity contribution < 1.29 is 19.1 Å². The van der Waals surface area contributed by atoms with Gasteiger partial charge in [-0.15, -0.1) is 0 Å². The summed E-state index contributed by atoms with van der Waals surface area (Å²) in [5.74, 6) is -1.65. The molecule has 1 unspecified atom stereocenters. The van der Waals surface area contributed by atoms with Gasteiger partial charge in [0.25, 0.3) is 5.91 Å². The molecule has 0 saturated carbocycles. The van der Waals surface area contributed by atoms with Gasteiger partial charge in [0.05, 0.1) is 12.2 Å². The molecule has 0 aromatic heterocycles. The van der Waals surface area contributed by atoms with Crippen LogP contribution in [0, 0.1) is 11.9 Å². The number of carbonyl (C=O) groups excluding carboxylic acids is 2. The average molecular weight is 277 g/mol. The number of carbonyl (C=O) groups is 2. The Bertz CT molecular complexity index is 542. The first-order chi connectivity index (χ1) is 9.49. The monoisotopic (exact) mass is 277 g/mol. The van der Waals surface area contributed by atoms with Crippen LogP contribution in [0.25, 0.3) is 6.08 Å². The van der Waals surface area contributed by atoms with E-state index in [4.69, 9.17) is 5.73 Å². The molecule has 1 aliphatic heterocycles. The molecular weight excluding hydrogens is 263 g/mol. The third-order valence-corrected chi connectivity index (χ3v) is 3.15. The van der Waals surface area contributed by atoms with Gasteiger partial charge in [0.2, 0.25) is 5.91 Å². The summed E-state index contributed by atoms with van der Waals surface area (Å²) in [4.78, 5) is 24.4. The van der Waals surface area contributed by atoms with Gasteiger partial charge in [0, 0.05) is 6.54 Å². The molecule has 1 aliphatic rings. The third-order valence-electron chi connectivity index (χ3n) is 3.15. The van der Waals surface area contributed by atoms with E-state index >= 15 is 0 Å². The Hall–Kier alpha value is -2.21. The second-order valence-corrected chi connectivity index (χ2v) is 4.54. The summed E-state index contributed by atoms with van der Waals surface area (Å²) in [6.07, 6.45) is 3.24. The minimum atomic E-state index is -1.02. The molecule has 1 fully saturated rings. The van der Waals surface area contributed by atoms with Crippen LogP contribution in [0.15, 0.2) is 24.3 Å². The van der Waals surface area contributed by atoms with Gasteiger partial charge in [-0.3, -0.25) is 9.59 Å². The van der Waals surface area contributed by atoms with E-state index in [1.54, 1.807) is 0 Å². The Balaban J connectivity index is 2.08. The van der Waals surface area contributed by atoms with Crippen molar-refractivity contribution >= 4 is 17.9 Å². The number of aliphatic hydroxyl groups is 1. The first-order valence-electron chi connectivity index (χ1n) is 6.12. The normalized spacial score (nSPS) is 22.4. The number of likely N-dealkylation sites (tertiary alicyclic amines) is 1. The zero-order valence-electron chi connectivity index (χ0n) is 10.6. The Labute approximate surface area is 115 Å². The number of hydrogen-bond donors (Lipinski definition) is 2. The molecule has 20 heavy (non-hydrogen) atoms. The van der Waals surface area contributed by atoms with Gasteiger partial charge in [0.15, 0.2) is 0 Å². The van der Waals surface area contributed by atoms with Gasteiger partial charge < -0.3 is 15.7 Å². The maximum atomic E-state index is 12.7. The maximum Gasteiger partial charge on any atom is 0.255 e. The predicted octanol–water partition coefficient (Wildman–Crippen LogP) is 0.0892. The molecule has 1 radical (unpaired) electrons. The highest BCUT2D eigenvalue weighted by Gasteiger charge is 2.39. The van der Waals surface area contributed by atoms with Crippen molar-refractivity contribution in [2.75, 3.05) is 6.54 Å². The zero-order valence-corrected chi connectivity index (χ0v) is 10.6. The molecule has 5 nitrogen and oxygen atoms in total. The lowest BCUT2D eigenvalue weighted by atomic mass is 10.1. The van der Waals surface area contributed by atoms with Gasteiger partial charge in [0.1, 0.15) is 11.9 Å². The molecule has 105 valence electrons. The second kappa shape index (κ2) is 5.83. The number of primary amides is 1. The lowest BCUT2D eigenvalue weighted by Crippen LogP contribution is -2.47. The minimum absolute atomic E-state index is 0.248. The Morgan fingerprint density at radius 1 is 1.40 bits per heavy atom. The Morgan fingerprint density at radius 2 is 2.05 bits per heavy atom. The van der Waals surface area contributed by atoms with E-state index in [0.717, 1.165) is 0 Å². The van der Waals surface area contributed by atoms with Crippen LogP contribution in [-0.2, 0) is 9.59 Å². The molecule has 2 rings (SSSR count). The SMILES string of the molecule is NC(=O)C1[C@@H](O)CCN1C(=O)/[C]=C/c1ccc(F)cc1. The van der Waals surface area contributed by atoms with Crippen LogP contribution in [0.1, 0.15) is 12.0 Å². The summed E-state index contributed by atoms with van der Waals surface area (Å²) in [7, 11) is 0. The molecule has 0 aliphatic carbocycles. The predicted molar refractivity (Wildman–Crippen MR) is 69.4 cm³/mol. The van der Waals surface area contributed by atoms with Crippen molar-refractivity contribution in [2.45, 2.75) is 18.6 Å². The van der Waals surface area contributed by atoms with Crippen LogP contribution in [0.3, 0.4) is 0 Å². The molecule has 1 heterocycles. The van der Waals surface area contributed by atoms with Crippen molar-refractivity contribution in [3.05, 3.63) is 41.7 Å². The fraction of sp³-hybridized carbons (Fsp3) is 0.286. The van der Waals surface area contributed by atoms with E-state index in [-0.39, 0.29) is 12.4 Å². The van der Waals surface area contributed by atoms with Crippen LogP contribution in [0.2, 0.25) is 0 Å². The summed E-state index contributed by atoms with van der Waals surface area (Å²) in [6.45, 7) is 0.248. The number of nitrogens with two attached hydrogens (primary N) is 1. The summed E-state index contributed by atoms with van der Waals surface area (Å²) < 4.78 is 12.7. The van der Waals surface area contributed by atoms with Gasteiger partial charge in [-0.2, -0.15) is 0 Å². The molecule has 0 bridgehead atoms. The first kappa shape index (κ1) is 14.2. The topological polar surface area (TPSA) is 83.6 Å². The number of benzene rings is 1. The molecule has 1 aromatic carbocycles. The van der Waals surface area contributed by atoms with Gasteiger partial charge in [-0.25, -0.2) is 4.39 Å². The third kappa shape index (κ3) is 3.03. The van der Waals surface area contributed by atoms with Crippen molar-refractivity contribution in [1.29, 1.82) is 0 Å². The number of halogens is 1. The molecule has 1 saturated heterocycles. The van der Waals surface area contributed by atoms with Gasteiger partial charge >= 0.3 is 0 Å². The number of hydrogen-bond acceptors (Lipinski definition) is 3. The quantitative estimate of drug-likeness (QED) is 0.768. The minimum Gasteiger partial charge on any atom is -0.390 e.